The summed E-state index contributed by atoms with van der Waals surface area (Å²) in [6.45, 7) is 7.13. The van der Waals surface area contributed by atoms with Gasteiger partial charge in [-0.25, -0.2) is 14.4 Å². The third-order valence-electron chi connectivity index (χ3n) is 6.10. The first-order valence-corrected chi connectivity index (χ1v) is 11.8. The molecule has 1 aliphatic rings. The molecule has 2 unspecified atom stereocenters. The van der Waals surface area contributed by atoms with Gasteiger partial charge in [0.05, 0.1) is 11.3 Å². The molecule has 1 aromatic carbocycles. The van der Waals surface area contributed by atoms with Crippen molar-refractivity contribution in [2.75, 3.05) is 32.1 Å². The van der Waals surface area contributed by atoms with Gasteiger partial charge in [-0.2, -0.15) is 0 Å². The van der Waals surface area contributed by atoms with Crippen molar-refractivity contribution >= 4 is 5.82 Å². The van der Waals surface area contributed by atoms with Gasteiger partial charge in [-0.05, 0) is 58.7 Å². The molecular weight excluding hydrogens is 453 g/mol. The van der Waals surface area contributed by atoms with Gasteiger partial charge in [0.15, 0.2) is 23.7 Å². The van der Waals surface area contributed by atoms with E-state index in [0.29, 0.717) is 59.8 Å². The van der Waals surface area contributed by atoms with Crippen molar-refractivity contribution in [1.82, 2.24) is 20.4 Å². The summed E-state index contributed by atoms with van der Waals surface area (Å²) in [5.41, 5.74) is 1.83. The fourth-order valence-corrected chi connectivity index (χ4v) is 4.13. The molecule has 1 saturated heterocycles. The monoisotopic (exact) mass is 485 g/mol. The predicted octanol–water partition coefficient (Wildman–Crippen LogP) is 3.70. The quantitative estimate of drug-likeness (QED) is 0.390. The molecule has 1 aliphatic heterocycles. The van der Waals surface area contributed by atoms with Gasteiger partial charge in [-0.1, -0.05) is 17.3 Å². The lowest BCUT2D eigenvalue weighted by atomic mass is 10.0. The van der Waals surface area contributed by atoms with Crippen molar-refractivity contribution in [1.29, 1.82) is 0 Å². The van der Waals surface area contributed by atoms with Gasteiger partial charge in [0.25, 0.3) is 0 Å². The van der Waals surface area contributed by atoms with Crippen LogP contribution in [0.25, 0.3) is 22.6 Å². The van der Waals surface area contributed by atoms with Crippen molar-refractivity contribution in [2.24, 2.45) is 5.92 Å². The molecule has 2 aromatic heterocycles. The van der Waals surface area contributed by atoms with Gasteiger partial charge in [-0.15, -0.1) is 0 Å². The summed E-state index contributed by atoms with van der Waals surface area (Å²) in [5, 5.41) is 20.0. The number of aromatic nitrogens is 3. The molecule has 0 amide bonds. The Morgan fingerprint density at radius 2 is 2.00 bits per heavy atom. The van der Waals surface area contributed by atoms with E-state index < -0.39 is 18.1 Å². The zero-order valence-corrected chi connectivity index (χ0v) is 20.5. The van der Waals surface area contributed by atoms with Crippen LogP contribution < -0.4 is 15.4 Å². The van der Waals surface area contributed by atoms with Crippen molar-refractivity contribution in [3.05, 3.63) is 41.5 Å². The number of halogens is 1. The van der Waals surface area contributed by atoms with Crippen LogP contribution in [0.2, 0.25) is 0 Å². The largest absolute Gasteiger partial charge is 0.473 e. The maximum absolute atomic E-state index is 15.7. The van der Waals surface area contributed by atoms with E-state index in [-0.39, 0.29) is 11.5 Å². The third kappa shape index (κ3) is 5.77. The molecule has 2 atom stereocenters. The summed E-state index contributed by atoms with van der Waals surface area (Å²) in [6.07, 6.45) is 0.517. The molecule has 35 heavy (non-hydrogen) atoms. The first kappa shape index (κ1) is 25.0. The van der Waals surface area contributed by atoms with E-state index in [1.165, 1.54) is 0 Å². The number of ether oxygens (including phenoxy) is 2. The standard InChI is InChI=1S/C25H32FN5O4/c1-14-20(16(3)35-31-14)22-21(26)24(28-13-17-8-10-33-11-9-17)30-23(29-22)18-6-5-7-19(12-18)34-25(27-4)15(2)32/h5-7,12,15,17,25,27,32H,8-11,13H2,1-4H3,(H,28,29,30). The second kappa shape index (κ2) is 11.1. The van der Waals surface area contributed by atoms with Crippen LogP contribution in [0.5, 0.6) is 5.75 Å². The highest BCUT2D eigenvalue weighted by atomic mass is 19.1. The Balaban J connectivity index is 1.72. The number of nitrogens with one attached hydrogen (secondary N) is 2. The van der Waals surface area contributed by atoms with E-state index in [0.717, 1.165) is 12.8 Å². The lowest BCUT2D eigenvalue weighted by Gasteiger charge is -2.23. The average Bonchev–Trinajstić information content (AvgIpc) is 3.20. The maximum atomic E-state index is 15.7. The molecule has 1 fully saturated rings. The smallest absolute Gasteiger partial charge is 0.191 e. The fourth-order valence-electron chi connectivity index (χ4n) is 4.13. The zero-order chi connectivity index (χ0) is 24.9. The Labute approximate surface area is 204 Å². The molecule has 0 aliphatic carbocycles. The molecule has 4 rings (SSSR count). The molecule has 0 spiro atoms. The first-order chi connectivity index (χ1) is 16.9. The van der Waals surface area contributed by atoms with Gasteiger partial charge < -0.3 is 24.4 Å². The van der Waals surface area contributed by atoms with E-state index in [1.807, 2.05) is 6.07 Å². The predicted molar refractivity (Wildman–Crippen MR) is 130 cm³/mol. The molecule has 3 aromatic rings. The molecule has 188 valence electrons. The number of nitrogens with zero attached hydrogens (tertiary/aromatic N) is 3. The van der Waals surface area contributed by atoms with Gasteiger partial charge in [0, 0.05) is 25.3 Å². The highest BCUT2D eigenvalue weighted by molar-refractivity contribution is 5.71. The number of likely N-dealkylation sites (N-methyl/N-ethyl adjacent to an activating group) is 1. The number of hydrogen-bond donors (Lipinski definition) is 3. The first-order valence-electron chi connectivity index (χ1n) is 11.8. The average molecular weight is 486 g/mol. The number of aryl methyl sites for hydroxylation is 2. The van der Waals surface area contributed by atoms with Gasteiger partial charge in [0.1, 0.15) is 23.3 Å². The van der Waals surface area contributed by atoms with Crippen LogP contribution in [-0.4, -0.2) is 59.4 Å². The van der Waals surface area contributed by atoms with Gasteiger partial charge >= 0.3 is 0 Å². The van der Waals surface area contributed by atoms with Crippen LogP contribution in [0, 0.1) is 25.6 Å². The summed E-state index contributed by atoms with van der Waals surface area (Å²) < 4.78 is 32.3. The Morgan fingerprint density at radius 3 is 2.66 bits per heavy atom. The van der Waals surface area contributed by atoms with Crippen LogP contribution in [0.3, 0.4) is 0 Å². The van der Waals surface area contributed by atoms with Crippen LogP contribution in [0.15, 0.2) is 28.8 Å². The number of aliphatic hydroxyl groups is 1. The third-order valence-corrected chi connectivity index (χ3v) is 6.10. The maximum Gasteiger partial charge on any atom is 0.191 e. The minimum Gasteiger partial charge on any atom is -0.473 e. The molecule has 0 saturated carbocycles. The number of benzene rings is 1. The van der Waals surface area contributed by atoms with Crippen LogP contribution in [-0.2, 0) is 4.74 Å². The van der Waals surface area contributed by atoms with Gasteiger partial charge in [-0.3, -0.25) is 5.32 Å². The van der Waals surface area contributed by atoms with Crippen molar-refractivity contribution in [2.45, 2.75) is 45.9 Å². The van der Waals surface area contributed by atoms with Gasteiger partial charge in [0.2, 0.25) is 0 Å². The van der Waals surface area contributed by atoms with E-state index in [1.54, 1.807) is 46.0 Å². The summed E-state index contributed by atoms with van der Waals surface area (Å²) in [5.74, 6) is 1.28. The van der Waals surface area contributed by atoms with Crippen LogP contribution in [0.1, 0.15) is 31.2 Å². The Hall–Kier alpha value is -3.08. The normalized spacial score (nSPS) is 16.2. The van der Waals surface area contributed by atoms with E-state index >= 15 is 4.39 Å². The highest BCUT2D eigenvalue weighted by Gasteiger charge is 2.24. The molecular formula is C25H32FN5O4. The summed E-state index contributed by atoms with van der Waals surface area (Å²) >= 11 is 0. The summed E-state index contributed by atoms with van der Waals surface area (Å²) in [4.78, 5) is 9.10. The summed E-state index contributed by atoms with van der Waals surface area (Å²) in [6, 6.07) is 7.17. The van der Waals surface area contributed by atoms with Crippen molar-refractivity contribution in [3.63, 3.8) is 0 Å². The second-order valence-electron chi connectivity index (χ2n) is 8.79. The number of anilines is 1. The lowest BCUT2D eigenvalue weighted by molar-refractivity contribution is 0.0321. The fraction of sp³-hybridized carbons (Fsp3) is 0.480. The minimum atomic E-state index is -0.724. The topological polar surface area (TPSA) is 115 Å². The molecule has 3 N–H and O–H groups in total. The summed E-state index contributed by atoms with van der Waals surface area (Å²) in [7, 11) is 1.70. The molecule has 0 radical (unpaired) electrons. The van der Waals surface area contributed by atoms with Crippen molar-refractivity contribution < 1.29 is 23.5 Å². The highest BCUT2D eigenvalue weighted by Crippen LogP contribution is 2.33. The SMILES string of the molecule is CNC(Oc1cccc(-c2nc(NCC3CCOCC3)c(F)c(-c3c(C)noc3C)n2)c1)C(C)O. The van der Waals surface area contributed by atoms with E-state index in [4.69, 9.17) is 14.0 Å². The van der Waals surface area contributed by atoms with E-state index in [9.17, 15) is 5.11 Å². The number of rotatable bonds is 9. The molecule has 10 heteroatoms. The lowest BCUT2D eigenvalue weighted by Crippen LogP contribution is -2.40. The number of aliphatic hydroxyl groups excluding tert-OH is 1. The Kier molecular flexibility index (Phi) is 7.94. The van der Waals surface area contributed by atoms with E-state index in [2.05, 4.69) is 25.8 Å². The minimum absolute atomic E-state index is 0.125. The molecule has 3 heterocycles. The van der Waals surface area contributed by atoms with Crippen LogP contribution >= 0.6 is 0 Å². The second-order valence-corrected chi connectivity index (χ2v) is 8.79. The Morgan fingerprint density at radius 1 is 1.23 bits per heavy atom. The zero-order valence-electron chi connectivity index (χ0n) is 20.5. The molecule has 9 nitrogen and oxygen atoms in total. The molecule has 0 bridgehead atoms. The number of hydrogen-bond acceptors (Lipinski definition) is 9. The van der Waals surface area contributed by atoms with Crippen LogP contribution in [0.4, 0.5) is 10.2 Å². The van der Waals surface area contributed by atoms with Crippen molar-refractivity contribution in [3.8, 4) is 28.4 Å². The Bertz CT molecular complexity index is 1130.